The molecule has 18 heavy (non-hydrogen) atoms. The molecule has 94 valence electrons. The van der Waals surface area contributed by atoms with E-state index in [9.17, 15) is 9.59 Å². The Balaban J connectivity index is 2.51. The van der Waals surface area contributed by atoms with E-state index in [1.165, 1.54) is 0 Å². The van der Waals surface area contributed by atoms with Crippen molar-refractivity contribution >= 4 is 17.4 Å². The molecule has 0 bridgehead atoms. The molecule has 1 aromatic carbocycles. The van der Waals surface area contributed by atoms with Gasteiger partial charge in [-0.15, -0.1) is 0 Å². The molecule has 2 rings (SSSR count). The third-order valence-corrected chi connectivity index (χ3v) is 3.28. The number of ketones is 1. The van der Waals surface area contributed by atoms with Crippen LogP contribution in [0.3, 0.4) is 0 Å². The number of aryl methyl sites for hydroxylation is 2. The minimum Gasteiger partial charge on any atom is -0.300 e. The molecule has 0 aromatic heterocycles. The van der Waals surface area contributed by atoms with Gasteiger partial charge in [-0.2, -0.15) is 0 Å². The largest absolute Gasteiger partial charge is 0.300 e. The first-order chi connectivity index (χ1) is 8.45. The molecule has 1 amide bonds. The first-order valence-corrected chi connectivity index (χ1v) is 6.09. The summed E-state index contributed by atoms with van der Waals surface area (Å²) in [6, 6.07) is 3.78. The smallest absolute Gasteiger partial charge is 0.299 e. The van der Waals surface area contributed by atoms with Gasteiger partial charge in [0.25, 0.3) is 11.7 Å². The molecule has 0 aliphatic carbocycles. The van der Waals surface area contributed by atoms with Crippen molar-refractivity contribution in [2.24, 2.45) is 0 Å². The fraction of sp³-hybridized carbons (Fsp3) is 0.333. The van der Waals surface area contributed by atoms with Crippen molar-refractivity contribution in [3.63, 3.8) is 0 Å². The van der Waals surface area contributed by atoms with Crippen molar-refractivity contribution in [2.45, 2.75) is 27.2 Å². The number of hydrogen-bond donors (Lipinski definition) is 0. The van der Waals surface area contributed by atoms with Crippen LogP contribution in [0.2, 0.25) is 0 Å². The van der Waals surface area contributed by atoms with E-state index in [0.29, 0.717) is 12.1 Å². The van der Waals surface area contributed by atoms with Crippen molar-refractivity contribution in [2.75, 3.05) is 11.4 Å². The van der Waals surface area contributed by atoms with Gasteiger partial charge in [0, 0.05) is 6.54 Å². The summed E-state index contributed by atoms with van der Waals surface area (Å²) in [7, 11) is 0. The minimum atomic E-state index is -0.437. The zero-order valence-electron chi connectivity index (χ0n) is 11.0. The number of amides is 1. The molecule has 0 saturated heterocycles. The molecule has 0 fully saturated rings. The van der Waals surface area contributed by atoms with Gasteiger partial charge in [0.15, 0.2) is 0 Å². The number of rotatable bonds is 3. The number of hydrogen-bond acceptors (Lipinski definition) is 2. The second-order valence-corrected chi connectivity index (χ2v) is 4.80. The lowest BCUT2D eigenvalue weighted by Crippen LogP contribution is -2.31. The van der Waals surface area contributed by atoms with E-state index in [-0.39, 0.29) is 0 Å². The summed E-state index contributed by atoms with van der Waals surface area (Å²) < 4.78 is 0. The zero-order chi connectivity index (χ0) is 13.4. The van der Waals surface area contributed by atoms with Crippen molar-refractivity contribution < 1.29 is 9.59 Å². The highest BCUT2D eigenvalue weighted by atomic mass is 16.2. The van der Waals surface area contributed by atoms with E-state index in [1.807, 2.05) is 26.8 Å². The van der Waals surface area contributed by atoms with Crippen molar-refractivity contribution in [3.05, 3.63) is 41.0 Å². The summed E-state index contributed by atoms with van der Waals surface area (Å²) in [5, 5.41) is 0. The highest BCUT2D eigenvalue weighted by Crippen LogP contribution is 2.33. The number of Topliss-reactive ketones (excluding diaryl/α,β-unsaturated/α-hetero) is 1. The lowest BCUT2D eigenvalue weighted by molar-refractivity contribution is -0.114. The maximum absolute atomic E-state index is 12.0. The molecule has 1 aliphatic heterocycles. The van der Waals surface area contributed by atoms with Crippen LogP contribution in [-0.4, -0.2) is 18.2 Å². The van der Waals surface area contributed by atoms with Crippen LogP contribution in [-0.2, 0) is 4.79 Å². The fourth-order valence-electron chi connectivity index (χ4n) is 2.32. The molecule has 0 unspecified atom stereocenters. The standard InChI is InChI=1S/C15H17NO2/c1-5-9(2)8-16-13-11(4)6-10(3)7-12(13)14(17)15(16)18/h6-7H,2,5,8H2,1,3-4H3. The van der Waals surface area contributed by atoms with Gasteiger partial charge in [-0.05, 0) is 37.5 Å². The number of fused-ring (bicyclic) bond motifs is 1. The van der Waals surface area contributed by atoms with Crippen LogP contribution in [0.25, 0.3) is 0 Å². The predicted octanol–water partition coefficient (Wildman–Crippen LogP) is 2.80. The van der Waals surface area contributed by atoms with E-state index < -0.39 is 11.7 Å². The van der Waals surface area contributed by atoms with Gasteiger partial charge in [-0.1, -0.05) is 25.1 Å². The van der Waals surface area contributed by atoms with E-state index >= 15 is 0 Å². The van der Waals surface area contributed by atoms with Crippen molar-refractivity contribution in [1.29, 1.82) is 0 Å². The highest BCUT2D eigenvalue weighted by molar-refractivity contribution is 6.52. The maximum atomic E-state index is 12.0. The number of nitrogens with zero attached hydrogens (tertiary/aromatic N) is 1. The Morgan fingerprint density at radius 2 is 1.94 bits per heavy atom. The molecular weight excluding hydrogens is 226 g/mol. The SMILES string of the molecule is C=C(CC)CN1C(=O)C(=O)c2cc(C)cc(C)c21. The number of benzene rings is 1. The van der Waals surface area contributed by atoms with Gasteiger partial charge >= 0.3 is 0 Å². The molecular formula is C15H17NO2. The Hall–Kier alpha value is -1.90. The number of carbonyl (C=O) groups excluding carboxylic acids is 2. The minimum absolute atomic E-state index is 0.402. The van der Waals surface area contributed by atoms with Crippen LogP contribution < -0.4 is 4.90 Å². The van der Waals surface area contributed by atoms with Crippen LogP contribution in [0, 0.1) is 13.8 Å². The quantitative estimate of drug-likeness (QED) is 0.604. The van der Waals surface area contributed by atoms with E-state index in [1.54, 1.807) is 11.0 Å². The summed E-state index contributed by atoms with van der Waals surface area (Å²) in [5.41, 5.74) is 4.20. The molecule has 0 atom stereocenters. The third-order valence-electron chi connectivity index (χ3n) is 3.28. The Morgan fingerprint density at radius 3 is 2.56 bits per heavy atom. The average molecular weight is 243 g/mol. The van der Waals surface area contributed by atoms with Crippen LogP contribution in [0.1, 0.15) is 34.8 Å². The Morgan fingerprint density at radius 1 is 1.28 bits per heavy atom. The second kappa shape index (κ2) is 4.41. The van der Waals surface area contributed by atoms with E-state index in [2.05, 4.69) is 6.58 Å². The van der Waals surface area contributed by atoms with E-state index in [0.717, 1.165) is 28.8 Å². The topological polar surface area (TPSA) is 37.4 Å². The normalized spacial score (nSPS) is 14.1. The predicted molar refractivity (Wildman–Crippen MR) is 72.0 cm³/mol. The van der Waals surface area contributed by atoms with Gasteiger partial charge < -0.3 is 4.90 Å². The van der Waals surface area contributed by atoms with Crippen molar-refractivity contribution in [3.8, 4) is 0 Å². The summed E-state index contributed by atoms with van der Waals surface area (Å²) in [6.07, 6.45) is 0.804. The van der Waals surface area contributed by atoms with Crippen LogP contribution >= 0.6 is 0 Å². The van der Waals surface area contributed by atoms with Crippen LogP contribution in [0.5, 0.6) is 0 Å². The van der Waals surface area contributed by atoms with Gasteiger partial charge in [-0.25, -0.2) is 0 Å². The Kier molecular flexibility index (Phi) is 3.07. The molecule has 0 spiro atoms. The highest BCUT2D eigenvalue weighted by Gasteiger charge is 2.36. The van der Waals surface area contributed by atoms with Gasteiger partial charge in [-0.3, -0.25) is 9.59 Å². The Labute approximate surface area is 107 Å². The molecule has 1 aromatic rings. The number of anilines is 1. The molecule has 0 radical (unpaired) electrons. The van der Waals surface area contributed by atoms with Gasteiger partial charge in [0.2, 0.25) is 0 Å². The lowest BCUT2D eigenvalue weighted by Gasteiger charge is -2.19. The molecule has 3 nitrogen and oxygen atoms in total. The third kappa shape index (κ3) is 1.86. The maximum Gasteiger partial charge on any atom is 0.299 e. The summed E-state index contributed by atoms with van der Waals surface area (Å²) in [4.78, 5) is 25.5. The van der Waals surface area contributed by atoms with Crippen LogP contribution in [0.15, 0.2) is 24.3 Å². The Bertz CT molecular complexity index is 558. The molecule has 0 N–H and O–H groups in total. The average Bonchev–Trinajstić information content (AvgIpc) is 2.54. The van der Waals surface area contributed by atoms with Gasteiger partial charge in [0.05, 0.1) is 11.3 Å². The first kappa shape index (κ1) is 12.6. The van der Waals surface area contributed by atoms with Gasteiger partial charge in [0.1, 0.15) is 0 Å². The van der Waals surface area contributed by atoms with E-state index in [4.69, 9.17) is 0 Å². The monoisotopic (exact) mass is 243 g/mol. The molecule has 3 heteroatoms. The summed E-state index contributed by atoms with van der Waals surface area (Å²) >= 11 is 0. The van der Waals surface area contributed by atoms with Crippen molar-refractivity contribution in [1.82, 2.24) is 0 Å². The second-order valence-electron chi connectivity index (χ2n) is 4.80. The number of carbonyl (C=O) groups is 2. The fourth-order valence-corrected chi connectivity index (χ4v) is 2.32. The molecule has 0 saturated carbocycles. The zero-order valence-corrected chi connectivity index (χ0v) is 11.0. The first-order valence-electron chi connectivity index (χ1n) is 6.09. The molecule has 1 aliphatic rings. The molecule has 1 heterocycles. The summed E-state index contributed by atoms with van der Waals surface area (Å²) in [5.74, 6) is -0.839. The lowest BCUT2D eigenvalue weighted by atomic mass is 10.0. The van der Waals surface area contributed by atoms with Crippen LogP contribution in [0.4, 0.5) is 5.69 Å². The summed E-state index contributed by atoms with van der Waals surface area (Å²) in [6.45, 7) is 10.2.